The van der Waals surface area contributed by atoms with E-state index in [0.717, 1.165) is 22.2 Å². The summed E-state index contributed by atoms with van der Waals surface area (Å²) in [5, 5.41) is 0.308. The number of hydrogen-bond donors (Lipinski definition) is 0. The maximum atomic E-state index is 13.6. The highest BCUT2D eigenvalue weighted by Crippen LogP contribution is 2.34. The van der Waals surface area contributed by atoms with Gasteiger partial charge in [-0.25, -0.2) is 17.4 Å². The number of hydrogen-bond acceptors (Lipinski definition) is 4. The Kier molecular flexibility index (Phi) is 6.07. The van der Waals surface area contributed by atoms with Gasteiger partial charge in [-0.3, -0.25) is 4.90 Å². The van der Waals surface area contributed by atoms with E-state index in [1.54, 1.807) is 0 Å². The summed E-state index contributed by atoms with van der Waals surface area (Å²) >= 11 is 12.3. The monoisotopic (exact) mass is 539 g/mol. The van der Waals surface area contributed by atoms with E-state index in [0.29, 0.717) is 25.7 Å². The highest BCUT2D eigenvalue weighted by Gasteiger charge is 2.33. The van der Waals surface area contributed by atoms with Gasteiger partial charge >= 0.3 is 6.18 Å². The first kappa shape index (κ1) is 24.1. The van der Waals surface area contributed by atoms with Crippen LogP contribution in [-0.4, -0.2) is 28.8 Å². The van der Waals surface area contributed by atoms with Gasteiger partial charge in [0, 0.05) is 26.1 Å². The van der Waals surface area contributed by atoms with E-state index in [9.17, 15) is 21.6 Å². The molecule has 5 rings (SSSR count). The summed E-state index contributed by atoms with van der Waals surface area (Å²) in [4.78, 5) is 6.14. The smallest absolute Gasteiger partial charge is 0.294 e. The Morgan fingerprint density at radius 2 is 1.57 bits per heavy atom. The van der Waals surface area contributed by atoms with Crippen molar-refractivity contribution in [2.24, 2.45) is 0 Å². The summed E-state index contributed by atoms with van der Waals surface area (Å²) in [5.74, 6) is 0.187. The van der Waals surface area contributed by atoms with Gasteiger partial charge in [-0.15, -0.1) is 0 Å². The van der Waals surface area contributed by atoms with E-state index in [4.69, 9.17) is 23.2 Å². The molecule has 0 saturated heterocycles. The van der Waals surface area contributed by atoms with Crippen LogP contribution in [0.2, 0.25) is 10.0 Å². The SMILES string of the molecule is O=S(=O)(c1cccc(C(F)(F)F)c1)n1c(CCN2Cc3ccccc3C2)nc2cc(Cl)c(Cl)cc21. The van der Waals surface area contributed by atoms with Crippen molar-refractivity contribution in [3.05, 3.63) is 93.2 Å². The molecule has 0 saturated carbocycles. The lowest BCUT2D eigenvalue weighted by Gasteiger charge is -2.16. The van der Waals surface area contributed by atoms with E-state index in [2.05, 4.69) is 9.88 Å². The summed E-state index contributed by atoms with van der Waals surface area (Å²) in [7, 11) is -4.43. The minimum Gasteiger partial charge on any atom is -0.294 e. The number of imidazole rings is 1. The quantitative estimate of drug-likeness (QED) is 0.305. The molecule has 4 aromatic rings. The fourth-order valence-corrected chi connectivity index (χ4v) is 6.15. The molecule has 0 N–H and O–H groups in total. The van der Waals surface area contributed by atoms with E-state index in [1.807, 2.05) is 24.3 Å². The Balaban J connectivity index is 1.56. The van der Waals surface area contributed by atoms with Gasteiger partial charge in [0.15, 0.2) is 0 Å². The van der Waals surface area contributed by atoms with Gasteiger partial charge in [0.2, 0.25) is 0 Å². The van der Waals surface area contributed by atoms with Crippen molar-refractivity contribution in [3.63, 3.8) is 0 Å². The zero-order valence-corrected chi connectivity index (χ0v) is 20.4. The van der Waals surface area contributed by atoms with E-state index < -0.39 is 26.7 Å². The third kappa shape index (κ3) is 4.53. The predicted molar refractivity (Wildman–Crippen MR) is 128 cm³/mol. The van der Waals surface area contributed by atoms with Gasteiger partial charge < -0.3 is 0 Å². The minimum atomic E-state index is -4.69. The van der Waals surface area contributed by atoms with Gasteiger partial charge in [-0.1, -0.05) is 53.5 Å². The van der Waals surface area contributed by atoms with E-state index >= 15 is 0 Å². The molecule has 182 valence electrons. The number of alkyl halides is 3. The van der Waals surface area contributed by atoms with E-state index in [-0.39, 0.29) is 33.3 Å². The molecule has 0 unspecified atom stereocenters. The maximum Gasteiger partial charge on any atom is 0.416 e. The second-order valence-corrected chi connectivity index (χ2v) is 10.9. The fraction of sp³-hybridized carbons (Fsp3) is 0.208. The summed E-state index contributed by atoms with van der Waals surface area (Å²) < 4.78 is 68.1. The van der Waals surface area contributed by atoms with Crippen molar-refractivity contribution in [2.45, 2.75) is 30.6 Å². The number of rotatable bonds is 5. The molecule has 3 aromatic carbocycles. The lowest BCUT2D eigenvalue weighted by molar-refractivity contribution is -0.137. The first-order valence-electron chi connectivity index (χ1n) is 10.6. The lowest BCUT2D eigenvalue weighted by atomic mass is 10.1. The fourth-order valence-electron chi connectivity index (χ4n) is 4.29. The molecule has 5 nitrogen and oxygen atoms in total. The Hall–Kier alpha value is -2.59. The lowest BCUT2D eigenvalue weighted by Crippen LogP contribution is -2.23. The summed E-state index contributed by atoms with van der Waals surface area (Å²) in [6, 6.07) is 14.5. The molecule has 0 amide bonds. The van der Waals surface area contributed by atoms with Crippen LogP contribution >= 0.6 is 23.2 Å². The predicted octanol–water partition coefficient (Wildman–Crippen LogP) is 6.16. The molecule has 11 heteroatoms. The molecule has 0 atom stereocenters. The second kappa shape index (κ2) is 8.81. The van der Waals surface area contributed by atoms with Crippen LogP contribution in [0.3, 0.4) is 0 Å². The van der Waals surface area contributed by atoms with Gasteiger partial charge in [0.25, 0.3) is 10.0 Å². The number of fused-ring (bicyclic) bond motifs is 2. The molecular formula is C24H18Cl2F3N3O2S. The molecule has 1 aliphatic rings. The van der Waals surface area contributed by atoms with Crippen LogP contribution in [0.15, 0.2) is 65.6 Å². The van der Waals surface area contributed by atoms with Crippen molar-refractivity contribution in [1.82, 2.24) is 13.9 Å². The summed E-state index contributed by atoms with van der Waals surface area (Å²) in [6.07, 6.45) is -4.44. The Morgan fingerprint density at radius 3 is 2.23 bits per heavy atom. The molecule has 1 aliphatic heterocycles. The summed E-state index contributed by atoms with van der Waals surface area (Å²) in [5.41, 5.74) is 1.79. The average Bonchev–Trinajstić information content (AvgIpc) is 3.38. The van der Waals surface area contributed by atoms with Crippen molar-refractivity contribution in [2.75, 3.05) is 6.54 Å². The van der Waals surface area contributed by atoms with Gasteiger partial charge in [0.05, 0.1) is 31.5 Å². The highest BCUT2D eigenvalue weighted by atomic mass is 35.5. The highest BCUT2D eigenvalue weighted by molar-refractivity contribution is 7.90. The van der Waals surface area contributed by atoms with Gasteiger partial charge in [-0.2, -0.15) is 13.2 Å². The Morgan fingerprint density at radius 1 is 0.914 bits per heavy atom. The Bertz CT molecular complexity index is 1530. The third-order valence-corrected chi connectivity index (χ3v) is 8.44. The topological polar surface area (TPSA) is 55.2 Å². The number of aromatic nitrogens is 2. The standard InChI is InChI=1S/C24H18Cl2F3N3O2S/c25-19-11-21-22(12-20(19)26)32(35(33,34)18-7-3-6-17(10-18)24(27,28)29)23(30-21)8-9-31-13-15-4-1-2-5-16(15)14-31/h1-7,10-12H,8-9,13-14H2. The van der Waals surface area contributed by atoms with Crippen molar-refractivity contribution >= 4 is 44.3 Å². The van der Waals surface area contributed by atoms with Crippen LogP contribution in [0.1, 0.15) is 22.5 Å². The molecule has 2 heterocycles. The second-order valence-electron chi connectivity index (χ2n) is 8.31. The molecule has 0 fully saturated rings. The maximum absolute atomic E-state index is 13.6. The van der Waals surface area contributed by atoms with E-state index in [1.165, 1.54) is 23.3 Å². The van der Waals surface area contributed by atoms with Crippen LogP contribution in [0.4, 0.5) is 13.2 Å². The first-order chi connectivity index (χ1) is 16.5. The number of halogens is 5. The molecule has 35 heavy (non-hydrogen) atoms. The zero-order valence-electron chi connectivity index (χ0n) is 18.1. The zero-order chi connectivity index (χ0) is 25.0. The Labute approximate surface area is 209 Å². The first-order valence-corrected chi connectivity index (χ1v) is 12.8. The van der Waals surface area contributed by atoms with Crippen LogP contribution in [0, 0.1) is 0 Å². The number of nitrogens with zero attached hydrogens (tertiary/aromatic N) is 3. The van der Waals surface area contributed by atoms with Crippen LogP contribution < -0.4 is 0 Å². The number of benzene rings is 3. The van der Waals surface area contributed by atoms with Gasteiger partial charge in [-0.05, 0) is 41.5 Å². The largest absolute Gasteiger partial charge is 0.416 e. The molecule has 0 aliphatic carbocycles. The molecule has 0 radical (unpaired) electrons. The van der Waals surface area contributed by atoms with Crippen LogP contribution in [0.5, 0.6) is 0 Å². The van der Waals surface area contributed by atoms with Crippen LogP contribution in [0.25, 0.3) is 11.0 Å². The minimum absolute atomic E-state index is 0.112. The van der Waals surface area contributed by atoms with Crippen LogP contribution in [-0.2, 0) is 35.7 Å². The normalized spacial score (nSPS) is 14.5. The summed E-state index contributed by atoms with van der Waals surface area (Å²) in [6.45, 7) is 1.93. The van der Waals surface area contributed by atoms with Gasteiger partial charge in [0.1, 0.15) is 5.82 Å². The molecular weight excluding hydrogens is 522 g/mol. The van der Waals surface area contributed by atoms with Crippen molar-refractivity contribution in [1.29, 1.82) is 0 Å². The van der Waals surface area contributed by atoms with Crippen molar-refractivity contribution in [3.8, 4) is 0 Å². The van der Waals surface area contributed by atoms with Crippen molar-refractivity contribution < 1.29 is 21.6 Å². The molecule has 0 spiro atoms. The molecule has 0 bridgehead atoms. The molecule has 1 aromatic heterocycles. The average molecular weight is 540 g/mol. The third-order valence-electron chi connectivity index (χ3n) is 5.98.